The quantitative estimate of drug-likeness (QED) is 0.712. The maximum Gasteiger partial charge on any atom is 0.328 e. The van der Waals surface area contributed by atoms with Crippen LogP contribution in [0.15, 0.2) is 35.3 Å². The molecule has 0 unspecified atom stereocenters. The standard InChI is InChI=1S/C16H19FN6O/c1-22(2)8-7-18-15-19-9-13-14(21-15)23(16(24)20-13)10-11-5-3-4-6-12(11)17/h3-6,9H,7-8,10H2,1-2H3,(H,20,24)(H,18,19,21). The molecule has 0 atom stereocenters. The third-order valence-electron chi connectivity index (χ3n) is 3.64. The summed E-state index contributed by atoms with van der Waals surface area (Å²) in [4.78, 5) is 25.5. The molecule has 24 heavy (non-hydrogen) atoms. The molecule has 0 radical (unpaired) electrons. The molecule has 0 spiro atoms. The molecular weight excluding hydrogens is 311 g/mol. The van der Waals surface area contributed by atoms with E-state index in [1.165, 1.54) is 10.6 Å². The number of imidazole rings is 1. The zero-order valence-corrected chi connectivity index (χ0v) is 13.6. The molecule has 0 saturated carbocycles. The fourth-order valence-electron chi connectivity index (χ4n) is 2.37. The van der Waals surface area contributed by atoms with Gasteiger partial charge < -0.3 is 15.2 Å². The highest BCUT2D eigenvalue weighted by molar-refractivity contribution is 5.71. The number of hydrogen-bond acceptors (Lipinski definition) is 5. The first kappa shape index (κ1) is 16.1. The highest BCUT2D eigenvalue weighted by Crippen LogP contribution is 2.13. The molecule has 2 aromatic heterocycles. The molecule has 0 aliphatic rings. The van der Waals surface area contributed by atoms with Crippen molar-refractivity contribution in [3.05, 3.63) is 52.3 Å². The van der Waals surface area contributed by atoms with Crippen molar-refractivity contribution in [1.82, 2.24) is 24.4 Å². The second kappa shape index (κ2) is 6.79. The highest BCUT2D eigenvalue weighted by Gasteiger charge is 2.12. The second-order valence-corrected chi connectivity index (χ2v) is 5.77. The summed E-state index contributed by atoms with van der Waals surface area (Å²) in [7, 11) is 3.95. The number of hydrogen-bond donors (Lipinski definition) is 2. The molecule has 0 amide bonds. The summed E-state index contributed by atoms with van der Waals surface area (Å²) >= 11 is 0. The molecule has 1 aromatic carbocycles. The number of anilines is 1. The van der Waals surface area contributed by atoms with E-state index in [0.29, 0.717) is 29.2 Å². The van der Waals surface area contributed by atoms with Crippen molar-refractivity contribution in [1.29, 1.82) is 0 Å². The molecule has 2 N–H and O–H groups in total. The maximum atomic E-state index is 13.9. The van der Waals surface area contributed by atoms with Gasteiger partial charge >= 0.3 is 5.69 Å². The number of nitrogens with zero attached hydrogens (tertiary/aromatic N) is 4. The summed E-state index contributed by atoms with van der Waals surface area (Å²) in [6, 6.07) is 6.38. The lowest BCUT2D eigenvalue weighted by Gasteiger charge is -2.10. The van der Waals surface area contributed by atoms with E-state index in [-0.39, 0.29) is 18.1 Å². The van der Waals surface area contributed by atoms with Gasteiger partial charge in [0, 0.05) is 18.7 Å². The number of rotatable bonds is 6. The topological polar surface area (TPSA) is 78.8 Å². The van der Waals surface area contributed by atoms with Crippen LogP contribution in [0.1, 0.15) is 5.56 Å². The van der Waals surface area contributed by atoms with E-state index in [9.17, 15) is 9.18 Å². The van der Waals surface area contributed by atoms with Gasteiger partial charge in [0.1, 0.15) is 11.3 Å². The summed E-state index contributed by atoms with van der Waals surface area (Å²) < 4.78 is 15.3. The van der Waals surface area contributed by atoms with Crippen molar-refractivity contribution in [2.75, 3.05) is 32.5 Å². The van der Waals surface area contributed by atoms with Crippen molar-refractivity contribution >= 4 is 17.1 Å². The minimum absolute atomic E-state index is 0.111. The minimum atomic E-state index is -0.350. The number of likely N-dealkylation sites (N-methyl/N-ethyl adjacent to an activating group) is 1. The Morgan fingerprint density at radius 3 is 2.88 bits per heavy atom. The fourth-order valence-corrected chi connectivity index (χ4v) is 2.37. The van der Waals surface area contributed by atoms with Crippen LogP contribution in [-0.4, -0.2) is 51.6 Å². The van der Waals surface area contributed by atoms with E-state index in [4.69, 9.17) is 0 Å². The Morgan fingerprint density at radius 2 is 2.12 bits per heavy atom. The molecule has 0 aliphatic carbocycles. The Kier molecular flexibility index (Phi) is 4.57. The van der Waals surface area contributed by atoms with Crippen LogP contribution in [0.2, 0.25) is 0 Å². The van der Waals surface area contributed by atoms with Crippen molar-refractivity contribution in [2.45, 2.75) is 6.54 Å². The molecule has 2 heterocycles. The van der Waals surface area contributed by atoms with Gasteiger partial charge in [0.2, 0.25) is 5.95 Å². The van der Waals surface area contributed by atoms with Crippen LogP contribution in [0.25, 0.3) is 11.2 Å². The van der Waals surface area contributed by atoms with Gasteiger partial charge in [-0.15, -0.1) is 0 Å². The molecule has 0 fully saturated rings. The third kappa shape index (κ3) is 3.43. The van der Waals surface area contributed by atoms with Gasteiger partial charge in [0.05, 0.1) is 12.7 Å². The van der Waals surface area contributed by atoms with E-state index < -0.39 is 0 Å². The summed E-state index contributed by atoms with van der Waals surface area (Å²) in [5.41, 5.74) is 1.06. The van der Waals surface area contributed by atoms with Crippen LogP contribution in [0.3, 0.4) is 0 Å². The lowest BCUT2D eigenvalue weighted by molar-refractivity contribution is 0.425. The highest BCUT2D eigenvalue weighted by atomic mass is 19.1. The zero-order chi connectivity index (χ0) is 17.1. The molecule has 126 valence electrons. The molecule has 3 aromatic rings. The maximum absolute atomic E-state index is 13.9. The molecule has 3 rings (SSSR count). The van der Waals surface area contributed by atoms with Crippen LogP contribution in [0.5, 0.6) is 0 Å². The van der Waals surface area contributed by atoms with E-state index in [2.05, 4.69) is 20.3 Å². The van der Waals surface area contributed by atoms with Gasteiger partial charge in [0.25, 0.3) is 0 Å². The van der Waals surface area contributed by atoms with Crippen molar-refractivity contribution in [3.63, 3.8) is 0 Å². The van der Waals surface area contributed by atoms with Crippen LogP contribution >= 0.6 is 0 Å². The van der Waals surface area contributed by atoms with E-state index in [0.717, 1.165) is 6.54 Å². The number of fused-ring (bicyclic) bond motifs is 1. The third-order valence-corrected chi connectivity index (χ3v) is 3.64. The molecular formula is C16H19FN6O. The number of aromatic amines is 1. The Hall–Kier alpha value is -2.74. The lowest BCUT2D eigenvalue weighted by Crippen LogP contribution is -2.21. The zero-order valence-electron chi connectivity index (χ0n) is 13.6. The van der Waals surface area contributed by atoms with Crippen LogP contribution < -0.4 is 11.0 Å². The number of benzene rings is 1. The molecule has 0 aliphatic heterocycles. The Bertz CT molecular complexity index is 901. The number of aromatic nitrogens is 4. The van der Waals surface area contributed by atoms with Gasteiger partial charge in [-0.3, -0.25) is 4.57 Å². The number of nitrogens with one attached hydrogen (secondary N) is 2. The summed E-state index contributed by atoms with van der Waals surface area (Å²) in [6.45, 7) is 1.62. The first-order valence-corrected chi connectivity index (χ1v) is 7.62. The Labute approximate surface area is 138 Å². The summed E-state index contributed by atoms with van der Waals surface area (Å²) in [6.07, 6.45) is 1.56. The Morgan fingerprint density at radius 1 is 1.33 bits per heavy atom. The first-order chi connectivity index (χ1) is 11.5. The lowest BCUT2D eigenvalue weighted by atomic mass is 10.2. The smallest absolute Gasteiger partial charge is 0.328 e. The number of halogens is 1. The molecule has 8 heteroatoms. The molecule has 7 nitrogen and oxygen atoms in total. The molecule has 0 saturated heterocycles. The van der Waals surface area contributed by atoms with E-state index >= 15 is 0 Å². The van der Waals surface area contributed by atoms with Crippen LogP contribution in [-0.2, 0) is 6.54 Å². The van der Waals surface area contributed by atoms with Crippen LogP contribution in [0.4, 0.5) is 10.3 Å². The monoisotopic (exact) mass is 330 g/mol. The molecule has 0 bridgehead atoms. The van der Waals surface area contributed by atoms with E-state index in [1.807, 2.05) is 19.0 Å². The predicted octanol–water partition coefficient (Wildman–Crippen LogP) is 1.28. The van der Waals surface area contributed by atoms with Crippen molar-refractivity contribution in [2.24, 2.45) is 0 Å². The average Bonchev–Trinajstić information content (AvgIpc) is 2.85. The van der Waals surface area contributed by atoms with Gasteiger partial charge in [-0.25, -0.2) is 14.2 Å². The van der Waals surface area contributed by atoms with Gasteiger partial charge in [0.15, 0.2) is 5.65 Å². The Balaban J connectivity index is 1.91. The average molecular weight is 330 g/mol. The minimum Gasteiger partial charge on any atom is -0.353 e. The van der Waals surface area contributed by atoms with Gasteiger partial charge in [-0.1, -0.05) is 18.2 Å². The van der Waals surface area contributed by atoms with Crippen molar-refractivity contribution in [3.8, 4) is 0 Å². The second-order valence-electron chi connectivity index (χ2n) is 5.77. The SMILES string of the molecule is CN(C)CCNc1ncc2[nH]c(=O)n(Cc3ccccc3F)c2n1. The first-order valence-electron chi connectivity index (χ1n) is 7.62. The van der Waals surface area contributed by atoms with E-state index in [1.54, 1.807) is 24.4 Å². The van der Waals surface area contributed by atoms with Crippen LogP contribution in [0, 0.1) is 5.82 Å². The number of H-pyrrole nitrogens is 1. The predicted molar refractivity (Wildman–Crippen MR) is 90.7 cm³/mol. The summed E-state index contributed by atoms with van der Waals surface area (Å²) in [5.74, 6) is 0.0859. The van der Waals surface area contributed by atoms with Gasteiger partial charge in [-0.05, 0) is 20.2 Å². The summed E-state index contributed by atoms with van der Waals surface area (Å²) in [5, 5.41) is 3.11. The largest absolute Gasteiger partial charge is 0.353 e. The van der Waals surface area contributed by atoms with Gasteiger partial charge in [-0.2, -0.15) is 4.98 Å². The van der Waals surface area contributed by atoms with Crippen molar-refractivity contribution < 1.29 is 4.39 Å². The fraction of sp³-hybridized carbons (Fsp3) is 0.312. The normalized spacial score (nSPS) is 11.3.